The fourth-order valence-electron chi connectivity index (χ4n) is 2.63. The average Bonchev–Trinajstić information content (AvgIpc) is 2.81. The highest BCUT2D eigenvalue weighted by atomic mass is 16.5. The second kappa shape index (κ2) is 7.04. The van der Waals surface area contributed by atoms with Crippen molar-refractivity contribution in [3.63, 3.8) is 0 Å². The summed E-state index contributed by atoms with van der Waals surface area (Å²) in [7, 11) is 0. The number of Topliss-reactive ketones (excluding diaryl/α,β-unsaturated/α-hetero) is 1. The summed E-state index contributed by atoms with van der Waals surface area (Å²) < 4.78 is 5.10. The van der Waals surface area contributed by atoms with E-state index in [9.17, 15) is 9.59 Å². The van der Waals surface area contributed by atoms with Gasteiger partial charge in [0.2, 0.25) is 0 Å². The predicted octanol–water partition coefficient (Wildman–Crippen LogP) is 2.94. The van der Waals surface area contributed by atoms with Crippen molar-refractivity contribution in [1.82, 2.24) is 0 Å². The summed E-state index contributed by atoms with van der Waals surface area (Å²) >= 11 is 0. The van der Waals surface area contributed by atoms with Crippen LogP contribution in [0.15, 0.2) is 43.0 Å². The predicted molar refractivity (Wildman–Crippen MR) is 77.1 cm³/mol. The quantitative estimate of drug-likeness (QED) is 0.332. The minimum absolute atomic E-state index is 0.00952. The molecule has 3 heteroatoms. The Balaban J connectivity index is 1.99. The topological polar surface area (TPSA) is 43.4 Å². The van der Waals surface area contributed by atoms with Crippen molar-refractivity contribution in [1.29, 1.82) is 0 Å². The van der Waals surface area contributed by atoms with Crippen LogP contribution in [0.3, 0.4) is 0 Å². The van der Waals surface area contributed by atoms with Gasteiger partial charge in [-0.25, -0.2) is 0 Å². The average molecular weight is 272 g/mol. The number of ketones is 1. The second-order valence-corrected chi connectivity index (χ2v) is 5.20. The minimum Gasteiger partial charge on any atom is -0.465 e. The van der Waals surface area contributed by atoms with E-state index in [1.54, 1.807) is 6.08 Å². The molecule has 3 nitrogen and oxygen atoms in total. The Labute approximate surface area is 119 Å². The first-order valence-corrected chi connectivity index (χ1v) is 7.06. The fourth-order valence-corrected chi connectivity index (χ4v) is 2.63. The molecule has 1 aromatic rings. The number of hydrogen-bond donors (Lipinski definition) is 0. The molecule has 0 aromatic heterocycles. The van der Waals surface area contributed by atoms with Crippen LogP contribution in [-0.2, 0) is 20.7 Å². The van der Waals surface area contributed by atoms with Crippen molar-refractivity contribution in [3.05, 3.63) is 48.6 Å². The Morgan fingerprint density at radius 2 is 2.10 bits per heavy atom. The van der Waals surface area contributed by atoms with E-state index in [1.807, 2.05) is 30.3 Å². The number of rotatable bonds is 7. The van der Waals surface area contributed by atoms with Crippen LogP contribution >= 0.6 is 0 Å². The van der Waals surface area contributed by atoms with Crippen molar-refractivity contribution < 1.29 is 14.3 Å². The molecule has 2 rings (SSSR count). The summed E-state index contributed by atoms with van der Waals surface area (Å²) in [5.74, 6) is -0.953. The number of cyclic esters (lactones) is 1. The number of esters is 1. The van der Waals surface area contributed by atoms with Gasteiger partial charge in [-0.3, -0.25) is 9.59 Å². The molecule has 0 radical (unpaired) electrons. The Bertz CT molecular complexity index is 478. The number of carbonyl (C=O) groups excluding carboxylic acids is 2. The lowest BCUT2D eigenvalue weighted by atomic mass is 9.85. The fraction of sp³-hybridized carbons (Fsp3) is 0.412. The molecule has 0 spiro atoms. The van der Waals surface area contributed by atoms with E-state index in [0.29, 0.717) is 19.4 Å². The van der Waals surface area contributed by atoms with Crippen LogP contribution in [0.5, 0.6) is 0 Å². The molecule has 1 aliphatic rings. The lowest BCUT2D eigenvalue weighted by Gasteiger charge is -2.14. The lowest BCUT2D eigenvalue weighted by molar-refractivity contribution is -0.144. The Morgan fingerprint density at radius 3 is 2.80 bits per heavy atom. The SMILES string of the molecule is C=CCCCC(=O)[C@H]1C(=O)OC[C@@H]1Cc1ccccc1. The summed E-state index contributed by atoms with van der Waals surface area (Å²) in [6.45, 7) is 3.99. The molecule has 1 heterocycles. The smallest absolute Gasteiger partial charge is 0.316 e. The molecule has 106 valence electrons. The molecule has 1 aliphatic heterocycles. The van der Waals surface area contributed by atoms with Gasteiger partial charge in [0.15, 0.2) is 0 Å². The molecule has 0 bridgehead atoms. The van der Waals surface area contributed by atoms with Gasteiger partial charge in [-0.1, -0.05) is 36.4 Å². The molecule has 2 atom stereocenters. The molecule has 0 unspecified atom stereocenters. The Morgan fingerprint density at radius 1 is 1.35 bits per heavy atom. The summed E-state index contributed by atoms with van der Waals surface area (Å²) in [6, 6.07) is 9.92. The van der Waals surface area contributed by atoms with Crippen LogP contribution < -0.4 is 0 Å². The number of allylic oxidation sites excluding steroid dienone is 1. The van der Waals surface area contributed by atoms with Crippen molar-refractivity contribution in [2.75, 3.05) is 6.61 Å². The third kappa shape index (κ3) is 3.56. The number of benzene rings is 1. The van der Waals surface area contributed by atoms with Crippen molar-refractivity contribution in [2.45, 2.75) is 25.7 Å². The second-order valence-electron chi connectivity index (χ2n) is 5.20. The third-order valence-corrected chi connectivity index (χ3v) is 3.68. The van der Waals surface area contributed by atoms with Crippen LogP contribution in [-0.4, -0.2) is 18.4 Å². The van der Waals surface area contributed by atoms with Crippen molar-refractivity contribution >= 4 is 11.8 Å². The van der Waals surface area contributed by atoms with Gasteiger partial charge < -0.3 is 4.74 Å². The molecule has 0 amide bonds. The number of hydrogen-bond acceptors (Lipinski definition) is 3. The summed E-state index contributed by atoms with van der Waals surface area (Å²) in [4.78, 5) is 24.0. The van der Waals surface area contributed by atoms with Gasteiger partial charge in [0.05, 0.1) is 6.61 Å². The molecule has 0 N–H and O–H groups in total. The summed E-state index contributed by atoms with van der Waals surface area (Å²) in [6.07, 6.45) is 4.49. The van der Waals surface area contributed by atoms with E-state index in [2.05, 4.69) is 6.58 Å². The summed E-state index contributed by atoms with van der Waals surface area (Å²) in [5.41, 5.74) is 1.14. The van der Waals surface area contributed by atoms with Crippen LogP contribution in [0, 0.1) is 11.8 Å². The highest BCUT2D eigenvalue weighted by molar-refractivity contribution is 6.00. The monoisotopic (exact) mass is 272 g/mol. The van der Waals surface area contributed by atoms with E-state index in [1.165, 1.54) is 0 Å². The molecule has 1 fully saturated rings. The molecular formula is C17H20O3. The normalized spacial score (nSPS) is 21.5. The van der Waals surface area contributed by atoms with E-state index < -0.39 is 5.92 Å². The highest BCUT2D eigenvalue weighted by Gasteiger charge is 2.41. The van der Waals surface area contributed by atoms with Gasteiger partial charge in [0.25, 0.3) is 0 Å². The first-order chi connectivity index (χ1) is 9.72. The molecular weight excluding hydrogens is 252 g/mol. The first kappa shape index (κ1) is 14.5. The molecule has 1 saturated heterocycles. The van der Waals surface area contributed by atoms with Crippen LogP contribution in [0.1, 0.15) is 24.8 Å². The lowest BCUT2D eigenvalue weighted by Crippen LogP contribution is -2.27. The van der Waals surface area contributed by atoms with Gasteiger partial charge in [-0.15, -0.1) is 6.58 Å². The van der Waals surface area contributed by atoms with Crippen molar-refractivity contribution in [2.24, 2.45) is 11.8 Å². The maximum absolute atomic E-state index is 12.2. The van der Waals surface area contributed by atoms with Gasteiger partial charge in [0.1, 0.15) is 11.7 Å². The Kier molecular flexibility index (Phi) is 5.10. The number of unbranched alkanes of at least 4 members (excludes halogenated alkanes) is 1. The molecule has 20 heavy (non-hydrogen) atoms. The van der Waals surface area contributed by atoms with Crippen LogP contribution in [0.25, 0.3) is 0 Å². The van der Waals surface area contributed by atoms with Gasteiger partial charge in [-0.2, -0.15) is 0 Å². The molecule has 1 aromatic carbocycles. The minimum atomic E-state index is -0.583. The maximum atomic E-state index is 12.2. The first-order valence-electron chi connectivity index (χ1n) is 7.06. The molecule has 0 aliphatic carbocycles. The zero-order valence-corrected chi connectivity index (χ0v) is 11.6. The van der Waals surface area contributed by atoms with Crippen molar-refractivity contribution in [3.8, 4) is 0 Å². The van der Waals surface area contributed by atoms with E-state index >= 15 is 0 Å². The van der Waals surface area contributed by atoms with Gasteiger partial charge in [0, 0.05) is 12.3 Å². The Hall–Kier alpha value is -1.90. The van der Waals surface area contributed by atoms with E-state index in [0.717, 1.165) is 18.4 Å². The van der Waals surface area contributed by atoms with Crippen LogP contribution in [0.2, 0.25) is 0 Å². The standard InChI is InChI=1S/C17H20O3/c1-2-3-5-10-15(18)16-14(12-20-17(16)19)11-13-8-6-4-7-9-13/h2,4,6-9,14,16H,1,3,5,10-12H2/t14-,16-/m0/s1. The zero-order valence-electron chi connectivity index (χ0n) is 11.6. The van der Waals surface area contributed by atoms with Crippen LogP contribution in [0.4, 0.5) is 0 Å². The van der Waals surface area contributed by atoms with Gasteiger partial charge in [-0.05, 0) is 24.8 Å². The number of carbonyl (C=O) groups is 2. The highest BCUT2D eigenvalue weighted by Crippen LogP contribution is 2.28. The van der Waals surface area contributed by atoms with E-state index in [4.69, 9.17) is 4.74 Å². The third-order valence-electron chi connectivity index (χ3n) is 3.68. The zero-order chi connectivity index (χ0) is 14.4. The summed E-state index contributed by atoms with van der Waals surface area (Å²) in [5, 5.41) is 0. The molecule has 0 saturated carbocycles. The maximum Gasteiger partial charge on any atom is 0.316 e. The van der Waals surface area contributed by atoms with Gasteiger partial charge >= 0.3 is 5.97 Å². The largest absolute Gasteiger partial charge is 0.465 e. The van der Waals surface area contributed by atoms with E-state index in [-0.39, 0.29) is 17.7 Å². The number of ether oxygens (including phenoxy) is 1.